The Hall–Kier alpha value is -1.99. The first-order valence-corrected chi connectivity index (χ1v) is 8.86. The number of ketones is 1. The summed E-state index contributed by atoms with van der Waals surface area (Å²) in [5.74, 6) is 2.36. The van der Waals surface area contributed by atoms with Crippen LogP contribution in [0.3, 0.4) is 0 Å². The zero-order valence-electron chi connectivity index (χ0n) is 13.6. The fraction of sp³-hybridized carbons (Fsp3) is 0.412. The summed E-state index contributed by atoms with van der Waals surface area (Å²) in [6.45, 7) is 1.70. The topological polar surface area (TPSA) is 65.4 Å². The molecule has 2 heterocycles. The van der Waals surface area contributed by atoms with E-state index in [0.29, 0.717) is 24.5 Å². The summed E-state index contributed by atoms with van der Waals surface area (Å²) in [6, 6.07) is 7.47. The number of benzene rings is 1. The van der Waals surface area contributed by atoms with Crippen molar-refractivity contribution in [2.75, 3.05) is 26.0 Å². The minimum absolute atomic E-state index is 0.147. The van der Waals surface area contributed by atoms with Crippen LogP contribution in [0, 0.1) is 0 Å². The van der Waals surface area contributed by atoms with Crippen LogP contribution in [0.5, 0.6) is 11.5 Å². The van der Waals surface area contributed by atoms with Gasteiger partial charge in [0.15, 0.2) is 22.2 Å². The van der Waals surface area contributed by atoms with Crippen molar-refractivity contribution in [3.63, 3.8) is 0 Å². The average Bonchev–Trinajstić information content (AvgIpc) is 3.30. The van der Waals surface area contributed by atoms with Crippen molar-refractivity contribution in [1.29, 1.82) is 0 Å². The second-order valence-corrected chi connectivity index (χ2v) is 6.91. The third kappa shape index (κ3) is 3.73. The van der Waals surface area contributed by atoms with Crippen molar-refractivity contribution in [2.24, 2.45) is 0 Å². The lowest BCUT2D eigenvalue weighted by Gasteiger charge is -2.27. The van der Waals surface area contributed by atoms with Gasteiger partial charge in [-0.05, 0) is 12.1 Å². The first-order valence-electron chi connectivity index (χ1n) is 7.87. The highest BCUT2D eigenvalue weighted by molar-refractivity contribution is 8.01. The molecule has 7 heteroatoms. The number of hydrogen-bond acceptors (Lipinski definition) is 6. The lowest BCUT2D eigenvalue weighted by molar-refractivity contribution is -0.123. The fourth-order valence-electron chi connectivity index (χ4n) is 2.65. The minimum atomic E-state index is -0.693. The van der Waals surface area contributed by atoms with Crippen LogP contribution < -0.4 is 14.8 Å². The summed E-state index contributed by atoms with van der Waals surface area (Å²) >= 11 is 1.62. The Morgan fingerprint density at radius 1 is 1.42 bits per heavy atom. The second-order valence-electron chi connectivity index (χ2n) is 5.52. The molecule has 24 heavy (non-hydrogen) atoms. The predicted molar refractivity (Wildman–Crippen MR) is 93.5 cm³/mol. The molecule has 0 amide bonds. The van der Waals surface area contributed by atoms with Crippen LogP contribution >= 0.6 is 11.8 Å². The molecule has 1 aliphatic rings. The molecule has 6 nitrogen and oxygen atoms in total. The summed E-state index contributed by atoms with van der Waals surface area (Å²) in [5, 5.41) is 3.33. The van der Waals surface area contributed by atoms with E-state index in [1.54, 1.807) is 31.4 Å². The molecule has 0 saturated carbocycles. The molecular weight excluding hydrogens is 326 g/mol. The average molecular weight is 347 g/mol. The highest BCUT2D eigenvalue weighted by Crippen LogP contribution is 2.33. The van der Waals surface area contributed by atoms with E-state index in [2.05, 4.69) is 10.3 Å². The van der Waals surface area contributed by atoms with Gasteiger partial charge in [-0.2, -0.15) is 0 Å². The Kier molecular flexibility index (Phi) is 5.42. The molecule has 128 valence electrons. The van der Waals surface area contributed by atoms with Crippen LogP contribution in [-0.4, -0.2) is 46.2 Å². The molecule has 1 saturated heterocycles. The summed E-state index contributed by atoms with van der Waals surface area (Å²) in [4.78, 5) is 16.1. The van der Waals surface area contributed by atoms with Gasteiger partial charge in [0.2, 0.25) is 0 Å². The van der Waals surface area contributed by atoms with Crippen LogP contribution in [0.2, 0.25) is 0 Å². The molecule has 1 fully saturated rings. The van der Waals surface area contributed by atoms with Gasteiger partial charge in [0.1, 0.15) is 6.61 Å². The molecule has 1 aromatic heterocycles. The van der Waals surface area contributed by atoms with E-state index in [4.69, 9.17) is 9.47 Å². The molecule has 0 aliphatic carbocycles. The number of hydrogen-bond donors (Lipinski definition) is 1. The molecule has 0 radical (unpaired) electrons. The Morgan fingerprint density at radius 2 is 2.25 bits per heavy atom. The number of nitrogens with zero attached hydrogens (tertiary/aromatic N) is 2. The molecule has 1 aliphatic heterocycles. The summed E-state index contributed by atoms with van der Waals surface area (Å²) in [7, 11) is 1.61. The van der Waals surface area contributed by atoms with Crippen LogP contribution in [0.1, 0.15) is 6.42 Å². The van der Waals surface area contributed by atoms with Gasteiger partial charge >= 0.3 is 0 Å². The number of aryl methyl sites for hydroxylation is 1. The van der Waals surface area contributed by atoms with Gasteiger partial charge in [0.05, 0.1) is 13.4 Å². The third-order valence-electron chi connectivity index (χ3n) is 3.97. The monoisotopic (exact) mass is 347 g/mol. The van der Waals surface area contributed by atoms with Crippen LogP contribution in [0.4, 0.5) is 0 Å². The standard InChI is InChI=1S/C17H21N3O3S/c1-22-14-4-2-3-5-15(14)23-12-17(19-8-11-24-17)16(21)6-9-20-10-7-18-13-20/h2-5,7,10,13,19H,6,8-9,11-12H2,1H3. The predicted octanol–water partition coefficient (Wildman–Crippen LogP) is 1.96. The lowest BCUT2D eigenvalue weighted by atomic mass is 10.1. The van der Waals surface area contributed by atoms with E-state index in [1.807, 2.05) is 35.0 Å². The number of carbonyl (C=O) groups is 1. The summed E-state index contributed by atoms with van der Waals surface area (Å²) < 4.78 is 13.1. The molecule has 0 spiro atoms. The maximum Gasteiger partial charge on any atom is 0.168 e. The molecule has 1 aromatic carbocycles. The lowest BCUT2D eigenvalue weighted by Crippen LogP contribution is -2.50. The van der Waals surface area contributed by atoms with E-state index in [-0.39, 0.29) is 12.4 Å². The summed E-state index contributed by atoms with van der Waals surface area (Å²) in [6.07, 6.45) is 5.74. The van der Waals surface area contributed by atoms with E-state index in [0.717, 1.165) is 12.3 Å². The van der Waals surface area contributed by atoms with Crippen molar-refractivity contribution >= 4 is 17.5 Å². The van der Waals surface area contributed by atoms with Crippen LogP contribution in [0.25, 0.3) is 0 Å². The highest BCUT2D eigenvalue weighted by atomic mass is 32.2. The Balaban J connectivity index is 1.65. The second kappa shape index (κ2) is 7.72. The molecule has 0 bridgehead atoms. The Bertz CT molecular complexity index is 669. The van der Waals surface area contributed by atoms with Gasteiger partial charge in [-0.1, -0.05) is 12.1 Å². The number of thioether (sulfide) groups is 1. The number of carbonyl (C=O) groups excluding carboxylic acids is 1. The summed E-state index contributed by atoms with van der Waals surface area (Å²) in [5.41, 5.74) is 0. The van der Waals surface area contributed by atoms with Gasteiger partial charge < -0.3 is 14.0 Å². The highest BCUT2D eigenvalue weighted by Gasteiger charge is 2.42. The first-order chi connectivity index (χ1) is 11.7. The minimum Gasteiger partial charge on any atom is -0.493 e. The third-order valence-corrected chi connectivity index (χ3v) is 5.36. The zero-order chi connectivity index (χ0) is 16.8. The van der Waals surface area contributed by atoms with Crippen molar-refractivity contribution in [1.82, 2.24) is 14.9 Å². The quantitative estimate of drug-likeness (QED) is 0.787. The zero-order valence-corrected chi connectivity index (χ0v) is 14.4. The van der Waals surface area contributed by atoms with E-state index in [1.165, 1.54) is 0 Å². The van der Waals surface area contributed by atoms with E-state index in [9.17, 15) is 4.79 Å². The molecule has 1 N–H and O–H groups in total. The van der Waals surface area contributed by atoms with Gasteiger partial charge in [-0.3, -0.25) is 10.1 Å². The number of nitrogens with one attached hydrogen (secondary N) is 1. The smallest absolute Gasteiger partial charge is 0.168 e. The largest absolute Gasteiger partial charge is 0.493 e. The number of rotatable bonds is 8. The number of para-hydroxylation sites is 2. The van der Waals surface area contributed by atoms with E-state index < -0.39 is 4.87 Å². The number of methoxy groups -OCH3 is 1. The molecule has 1 atom stereocenters. The van der Waals surface area contributed by atoms with Gasteiger partial charge in [0, 0.05) is 37.7 Å². The molecule has 2 aromatic rings. The normalized spacial score (nSPS) is 20.0. The van der Waals surface area contributed by atoms with E-state index >= 15 is 0 Å². The van der Waals surface area contributed by atoms with Gasteiger partial charge in [0.25, 0.3) is 0 Å². The number of Topliss-reactive ketones (excluding diaryl/α,β-unsaturated/α-hetero) is 1. The fourth-order valence-corrected chi connectivity index (χ4v) is 3.81. The maximum absolute atomic E-state index is 12.8. The van der Waals surface area contributed by atoms with Crippen molar-refractivity contribution < 1.29 is 14.3 Å². The van der Waals surface area contributed by atoms with Crippen LogP contribution in [0.15, 0.2) is 43.0 Å². The molecule has 1 unspecified atom stereocenters. The van der Waals surface area contributed by atoms with Crippen molar-refractivity contribution in [3.8, 4) is 11.5 Å². The van der Waals surface area contributed by atoms with Gasteiger partial charge in [-0.15, -0.1) is 11.8 Å². The van der Waals surface area contributed by atoms with Crippen molar-refractivity contribution in [2.45, 2.75) is 17.8 Å². The Labute approximate surface area is 145 Å². The van der Waals surface area contributed by atoms with Crippen LogP contribution in [-0.2, 0) is 11.3 Å². The Morgan fingerprint density at radius 3 is 2.92 bits per heavy atom. The number of aromatic nitrogens is 2. The first kappa shape index (κ1) is 16.9. The van der Waals surface area contributed by atoms with Gasteiger partial charge in [-0.25, -0.2) is 4.98 Å². The SMILES string of the molecule is COc1ccccc1OCC1(C(=O)CCn2ccnc2)NCCS1. The maximum atomic E-state index is 12.8. The number of imidazole rings is 1. The van der Waals surface area contributed by atoms with Crippen molar-refractivity contribution in [3.05, 3.63) is 43.0 Å². The number of ether oxygens (including phenoxy) is 2. The molecule has 3 rings (SSSR count). The molecular formula is C17H21N3O3S.